The molecule has 31 heavy (non-hydrogen) atoms. The van der Waals surface area contributed by atoms with Crippen molar-refractivity contribution in [1.29, 1.82) is 0 Å². The van der Waals surface area contributed by atoms with Crippen LogP contribution in [0.1, 0.15) is 23.5 Å². The van der Waals surface area contributed by atoms with Crippen LogP contribution in [0.15, 0.2) is 48.5 Å². The maximum absolute atomic E-state index is 13.6. The molecule has 4 aromatic rings. The van der Waals surface area contributed by atoms with Crippen LogP contribution in [-0.4, -0.2) is 46.9 Å². The Balaban J connectivity index is 1.70. The van der Waals surface area contributed by atoms with Gasteiger partial charge in [0.05, 0.1) is 20.0 Å². The van der Waals surface area contributed by atoms with Crippen molar-refractivity contribution >= 4 is 59.7 Å². The Morgan fingerprint density at radius 3 is 2.52 bits per heavy atom. The summed E-state index contributed by atoms with van der Waals surface area (Å²) in [5, 5.41) is 12.5. The van der Waals surface area contributed by atoms with Crippen LogP contribution in [0.4, 0.5) is 10.8 Å². The van der Waals surface area contributed by atoms with E-state index in [4.69, 9.17) is 4.98 Å². The molecule has 160 valence electrons. The van der Waals surface area contributed by atoms with E-state index in [0.717, 1.165) is 34.6 Å². The third-order valence-corrected chi connectivity index (χ3v) is 7.38. The zero-order valence-corrected chi connectivity index (χ0v) is 18.9. The van der Waals surface area contributed by atoms with E-state index in [0.29, 0.717) is 21.9 Å². The van der Waals surface area contributed by atoms with Crippen molar-refractivity contribution in [2.24, 2.45) is 0 Å². The minimum atomic E-state index is -0.421. The highest BCUT2D eigenvalue weighted by Gasteiger charge is 2.24. The van der Waals surface area contributed by atoms with E-state index in [9.17, 15) is 14.9 Å². The van der Waals surface area contributed by atoms with E-state index in [1.54, 1.807) is 17.0 Å². The van der Waals surface area contributed by atoms with Crippen LogP contribution < -0.4 is 4.90 Å². The van der Waals surface area contributed by atoms with Gasteiger partial charge in [-0.2, -0.15) is 0 Å². The van der Waals surface area contributed by atoms with Crippen molar-refractivity contribution in [3.63, 3.8) is 0 Å². The topological polar surface area (TPSA) is 79.6 Å². The van der Waals surface area contributed by atoms with Crippen LogP contribution in [0.5, 0.6) is 0 Å². The summed E-state index contributed by atoms with van der Waals surface area (Å²) in [5.41, 5.74) is 0.893. The van der Waals surface area contributed by atoms with Crippen LogP contribution in [0.25, 0.3) is 20.3 Å². The molecule has 9 heteroatoms. The quantitative estimate of drug-likeness (QED) is 0.263. The zero-order chi connectivity index (χ0) is 22.0. The zero-order valence-electron chi connectivity index (χ0n) is 17.3. The van der Waals surface area contributed by atoms with Gasteiger partial charge in [0, 0.05) is 35.3 Å². The highest BCUT2D eigenvalue weighted by atomic mass is 32.1. The Hall–Kier alpha value is -2.88. The summed E-state index contributed by atoms with van der Waals surface area (Å²) in [5.74, 6) is -0.130. The van der Waals surface area contributed by atoms with Crippen molar-refractivity contribution in [3.8, 4) is 0 Å². The number of carbonyl (C=O) groups is 1. The van der Waals surface area contributed by atoms with E-state index in [1.807, 2.05) is 24.3 Å². The molecule has 0 N–H and O–H groups in total. The van der Waals surface area contributed by atoms with Crippen molar-refractivity contribution in [2.45, 2.75) is 13.8 Å². The summed E-state index contributed by atoms with van der Waals surface area (Å²) < 4.78 is 1.88. The fourth-order valence-electron chi connectivity index (χ4n) is 3.42. The summed E-state index contributed by atoms with van der Waals surface area (Å²) in [6.07, 6.45) is 0. The molecule has 0 aliphatic heterocycles. The average molecular weight is 455 g/mol. The number of amides is 1. The third-order valence-electron chi connectivity index (χ3n) is 5.21. The lowest BCUT2D eigenvalue weighted by Gasteiger charge is -2.24. The number of likely N-dealkylation sites (N-methyl/N-ethyl adjacent to an activating group) is 1. The first-order chi connectivity index (χ1) is 15.0. The summed E-state index contributed by atoms with van der Waals surface area (Å²) >= 11 is 2.85. The maximum Gasteiger partial charge on any atom is 0.270 e. The number of thiophene rings is 1. The number of thiazole rings is 1. The SMILES string of the molecule is CCN(CC)CCN(C(=O)c1cc2cc([N+](=O)[O-])ccc2s1)c1nc2ccccc2s1. The minimum absolute atomic E-state index is 0.0221. The summed E-state index contributed by atoms with van der Waals surface area (Å²) in [6.45, 7) is 7.29. The van der Waals surface area contributed by atoms with Gasteiger partial charge >= 0.3 is 0 Å². The second-order valence-corrected chi connectivity index (χ2v) is 9.13. The third kappa shape index (κ3) is 4.43. The monoisotopic (exact) mass is 454 g/mol. The molecule has 2 heterocycles. The number of nitro groups is 1. The van der Waals surface area contributed by atoms with Crippen LogP contribution >= 0.6 is 22.7 Å². The molecule has 2 aromatic heterocycles. The fraction of sp³-hybridized carbons (Fsp3) is 0.273. The first-order valence-corrected chi connectivity index (χ1v) is 11.7. The largest absolute Gasteiger partial charge is 0.302 e. The van der Waals surface area contributed by atoms with E-state index >= 15 is 0 Å². The number of anilines is 1. The van der Waals surface area contributed by atoms with E-state index < -0.39 is 4.92 Å². The van der Waals surface area contributed by atoms with Crippen molar-refractivity contribution in [2.75, 3.05) is 31.1 Å². The van der Waals surface area contributed by atoms with E-state index in [2.05, 4.69) is 18.7 Å². The average Bonchev–Trinajstić information content (AvgIpc) is 3.39. The molecule has 0 unspecified atom stereocenters. The maximum atomic E-state index is 13.6. The van der Waals surface area contributed by atoms with Crippen LogP contribution in [0.2, 0.25) is 0 Å². The molecule has 2 aromatic carbocycles. The minimum Gasteiger partial charge on any atom is -0.302 e. The molecular weight excluding hydrogens is 432 g/mol. The van der Waals surface area contributed by atoms with Gasteiger partial charge in [0.25, 0.3) is 11.6 Å². The standard InChI is InChI=1S/C22H22N4O3S2/c1-3-24(4-2)11-12-25(22-23-17-7-5-6-8-19(17)31-22)21(27)20-14-15-13-16(26(28)29)9-10-18(15)30-20/h5-10,13-14H,3-4,11-12H2,1-2H3. The number of nitrogens with zero attached hydrogens (tertiary/aromatic N) is 4. The van der Waals surface area contributed by atoms with Crippen molar-refractivity contribution in [3.05, 3.63) is 63.5 Å². The van der Waals surface area contributed by atoms with Gasteiger partial charge in [-0.1, -0.05) is 37.3 Å². The molecule has 0 radical (unpaired) electrons. The molecule has 1 amide bonds. The second kappa shape index (κ2) is 9.09. The van der Waals surface area contributed by atoms with Gasteiger partial charge in [-0.3, -0.25) is 19.8 Å². The van der Waals surface area contributed by atoms with E-state index in [1.165, 1.54) is 34.8 Å². The van der Waals surface area contributed by atoms with Gasteiger partial charge in [-0.25, -0.2) is 4.98 Å². The molecule has 0 atom stereocenters. The molecule has 0 aliphatic carbocycles. The van der Waals surface area contributed by atoms with E-state index in [-0.39, 0.29) is 11.6 Å². The van der Waals surface area contributed by atoms with Crippen molar-refractivity contribution in [1.82, 2.24) is 9.88 Å². The number of fused-ring (bicyclic) bond motifs is 2. The Kier molecular flexibility index (Phi) is 6.26. The van der Waals surface area contributed by atoms with Gasteiger partial charge in [0.2, 0.25) is 0 Å². The molecule has 0 saturated heterocycles. The number of hydrogen-bond donors (Lipinski definition) is 0. The second-order valence-electron chi connectivity index (χ2n) is 7.04. The van der Waals surface area contributed by atoms with Gasteiger partial charge in [-0.05, 0) is 37.4 Å². The van der Waals surface area contributed by atoms with Crippen molar-refractivity contribution < 1.29 is 9.72 Å². The van der Waals surface area contributed by atoms with Gasteiger partial charge in [0.15, 0.2) is 5.13 Å². The number of benzene rings is 2. The van der Waals surface area contributed by atoms with Gasteiger partial charge in [0.1, 0.15) is 0 Å². The number of aromatic nitrogens is 1. The van der Waals surface area contributed by atoms with Crippen LogP contribution in [0.3, 0.4) is 0 Å². The Bertz CT molecular complexity index is 1210. The number of para-hydroxylation sites is 1. The van der Waals surface area contributed by atoms with Gasteiger partial charge < -0.3 is 4.90 Å². The lowest BCUT2D eigenvalue weighted by atomic mass is 10.2. The van der Waals surface area contributed by atoms with Crippen LogP contribution in [0, 0.1) is 10.1 Å². The Morgan fingerprint density at radius 1 is 1.03 bits per heavy atom. The number of non-ortho nitro benzene ring substituents is 1. The molecule has 0 aliphatic rings. The molecule has 0 bridgehead atoms. The summed E-state index contributed by atoms with van der Waals surface area (Å²) in [7, 11) is 0. The molecule has 0 fully saturated rings. The highest BCUT2D eigenvalue weighted by molar-refractivity contribution is 7.23. The molecule has 4 rings (SSSR count). The number of rotatable bonds is 8. The Labute approximate surface area is 187 Å². The predicted octanol–water partition coefficient (Wildman–Crippen LogP) is 5.41. The molecular formula is C22H22N4O3S2. The summed E-state index contributed by atoms with van der Waals surface area (Å²) in [6, 6.07) is 14.3. The highest BCUT2D eigenvalue weighted by Crippen LogP contribution is 2.33. The lowest BCUT2D eigenvalue weighted by Crippen LogP contribution is -2.38. The number of carbonyl (C=O) groups excluding carboxylic acids is 1. The van der Waals surface area contributed by atoms with Crippen LogP contribution in [-0.2, 0) is 0 Å². The Morgan fingerprint density at radius 2 is 1.81 bits per heavy atom. The lowest BCUT2D eigenvalue weighted by molar-refractivity contribution is -0.384. The number of nitro benzene ring substituents is 1. The first-order valence-electron chi connectivity index (χ1n) is 10.1. The predicted molar refractivity (Wildman–Crippen MR) is 128 cm³/mol. The molecule has 0 saturated carbocycles. The first kappa shape index (κ1) is 21.4. The van der Waals surface area contributed by atoms with Gasteiger partial charge in [-0.15, -0.1) is 11.3 Å². The summed E-state index contributed by atoms with van der Waals surface area (Å²) in [4.78, 5) is 33.5. The fourth-order valence-corrected chi connectivity index (χ4v) is 5.41. The normalized spacial score (nSPS) is 11.5. The number of hydrogen-bond acceptors (Lipinski definition) is 7. The smallest absolute Gasteiger partial charge is 0.270 e. The molecule has 0 spiro atoms. The molecule has 7 nitrogen and oxygen atoms in total.